The van der Waals surface area contributed by atoms with Crippen molar-refractivity contribution in [2.45, 2.75) is 44.2 Å². The number of carbonyl (C=O) groups is 1. The number of nitrogens with zero attached hydrogens (tertiary/aromatic N) is 1. The Labute approximate surface area is 191 Å². The van der Waals surface area contributed by atoms with Crippen molar-refractivity contribution in [1.82, 2.24) is 9.62 Å². The van der Waals surface area contributed by atoms with Crippen LogP contribution in [-0.4, -0.2) is 44.1 Å². The van der Waals surface area contributed by atoms with Gasteiger partial charge in [0, 0.05) is 35.5 Å². The molecule has 3 aliphatic rings. The Kier molecular flexibility index (Phi) is 5.32. The van der Waals surface area contributed by atoms with Gasteiger partial charge in [-0.1, -0.05) is 18.2 Å². The molecule has 2 aromatic rings. The molecule has 5 nitrogen and oxygen atoms in total. The Morgan fingerprint density at radius 2 is 1.79 bits per heavy atom. The van der Waals surface area contributed by atoms with Gasteiger partial charge < -0.3 is 4.90 Å². The Morgan fingerprint density at radius 3 is 2.36 bits per heavy atom. The Hall–Kier alpha value is -2.39. The number of halogens is 3. The topological polar surface area (TPSA) is 66.5 Å². The molecule has 0 bridgehead atoms. The molecule has 1 aliphatic heterocycles. The lowest BCUT2D eigenvalue weighted by molar-refractivity contribution is -0.133. The first-order valence-corrected chi connectivity index (χ1v) is 13.0. The fraction of sp³-hybridized carbons (Fsp3) is 0.458. The molecule has 1 saturated heterocycles. The van der Waals surface area contributed by atoms with Gasteiger partial charge >= 0.3 is 0 Å². The van der Waals surface area contributed by atoms with Crippen LogP contribution in [0.1, 0.15) is 31.2 Å². The highest BCUT2D eigenvalue weighted by molar-refractivity contribution is 7.88. The summed E-state index contributed by atoms with van der Waals surface area (Å²) in [7, 11) is -3.55. The quantitative estimate of drug-likeness (QED) is 0.690. The van der Waals surface area contributed by atoms with Gasteiger partial charge in [0.25, 0.3) is 0 Å². The molecule has 1 N–H and O–H groups in total. The highest BCUT2D eigenvalue weighted by Gasteiger charge is 2.61. The van der Waals surface area contributed by atoms with E-state index >= 15 is 4.39 Å². The van der Waals surface area contributed by atoms with Crippen molar-refractivity contribution >= 4 is 15.9 Å². The first-order valence-electron chi connectivity index (χ1n) is 11.1. The van der Waals surface area contributed by atoms with E-state index in [2.05, 4.69) is 4.72 Å². The third-order valence-corrected chi connectivity index (χ3v) is 7.74. The van der Waals surface area contributed by atoms with Gasteiger partial charge in [-0.25, -0.2) is 26.3 Å². The number of sulfonamides is 1. The molecule has 3 fully saturated rings. The maximum atomic E-state index is 15.6. The van der Waals surface area contributed by atoms with E-state index in [0.29, 0.717) is 6.54 Å². The summed E-state index contributed by atoms with van der Waals surface area (Å²) in [6.45, 7) is 0.455. The fourth-order valence-corrected chi connectivity index (χ4v) is 6.00. The third-order valence-electron chi connectivity index (χ3n) is 7.05. The summed E-state index contributed by atoms with van der Waals surface area (Å²) in [6.07, 6.45) is 4.42. The average molecular weight is 479 g/mol. The molecule has 2 atom stereocenters. The lowest BCUT2D eigenvalue weighted by atomic mass is 9.91. The number of nitrogens with one attached hydrogen (secondary N) is 1. The summed E-state index contributed by atoms with van der Waals surface area (Å²) < 4.78 is 70.0. The Morgan fingerprint density at radius 1 is 1.12 bits per heavy atom. The van der Waals surface area contributed by atoms with E-state index < -0.39 is 39.6 Å². The third kappa shape index (κ3) is 4.40. The lowest BCUT2D eigenvalue weighted by Gasteiger charge is -2.29. The van der Waals surface area contributed by atoms with Crippen LogP contribution in [0.15, 0.2) is 36.4 Å². The minimum atomic E-state index is -3.55. The molecule has 33 heavy (non-hydrogen) atoms. The molecule has 2 aromatic carbocycles. The molecule has 2 saturated carbocycles. The van der Waals surface area contributed by atoms with Gasteiger partial charge in [-0.2, -0.15) is 0 Å². The molecule has 0 aromatic heterocycles. The van der Waals surface area contributed by atoms with Crippen molar-refractivity contribution in [1.29, 1.82) is 0 Å². The van der Waals surface area contributed by atoms with E-state index in [4.69, 9.17) is 0 Å². The number of rotatable bonds is 6. The van der Waals surface area contributed by atoms with Gasteiger partial charge in [0.2, 0.25) is 15.9 Å². The summed E-state index contributed by atoms with van der Waals surface area (Å²) in [5.74, 6) is -2.30. The lowest BCUT2D eigenvalue weighted by Crippen LogP contribution is -2.49. The van der Waals surface area contributed by atoms with Crippen molar-refractivity contribution in [2.75, 3.05) is 12.8 Å². The summed E-state index contributed by atoms with van der Waals surface area (Å²) >= 11 is 0. The second-order valence-electron chi connectivity index (χ2n) is 9.68. The molecule has 5 rings (SSSR count). The van der Waals surface area contributed by atoms with Crippen molar-refractivity contribution in [3.05, 3.63) is 59.4 Å². The van der Waals surface area contributed by atoms with Gasteiger partial charge in [0.1, 0.15) is 17.5 Å². The smallest absolute Gasteiger partial charge is 0.226 e. The molecule has 176 valence electrons. The molecule has 1 spiro atoms. The fourth-order valence-electron chi connectivity index (χ4n) is 5.14. The van der Waals surface area contributed by atoms with Gasteiger partial charge in [-0.05, 0) is 55.4 Å². The first-order chi connectivity index (χ1) is 15.6. The van der Waals surface area contributed by atoms with Gasteiger partial charge in [0.15, 0.2) is 0 Å². The largest absolute Gasteiger partial charge is 0.337 e. The highest BCUT2D eigenvalue weighted by Crippen LogP contribution is 2.56. The number of amides is 1. The Balaban J connectivity index is 1.52. The highest BCUT2D eigenvalue weighted by atomic mass is 32.2. The number of benzene rings is 2. The molecule has 9 heteroatoms. The van der Waals surface area contributed by atoms with Crippen molar-refractivity contribution < 1.29 is 26.4 Å². The molecular weight excluding hydrogens is 453 g/mol. The van der Waals surface area contributed by atoms with Gasteiger partial charge in [-0.15, -0.1) is 0 Å². The minimum Gasteiger partial charge on any atom is -0.337 e. The normalized spacial score (nSPS) is 23.8. The van der Waals surface area contributed by atoms with E-state index in [1.807, 2.05) is 0 Å². The first kappa shape index (κ1) is 22.4. The molecular formula is C24H25F3N2O3S. The zero-order valence-electron chi connectivity index (χ0n) is 18.2. The predicted molar refractivity (Wildman–Crippen MR) is 117 cm³/mol. The average Bonchev–Trinajstić information content (AvgIpc) is 3.63. The molecule has 2 aliphatic carbocycles. The van der Waals surface area contributed by atoms with Gasteiger partial charge in [-0.3, -0.25) is 4.79 Å². The monoisotopic (exact) mass is 478 g/mol. The summed E-state index contributed by atoms with van der Waals surface area (Å²) in [4.78, 5) is 14.8. The molecule has 2 unspecified atom stereocenters. The molecule has 1 heterocycles. The van der Waals surface area contributed by atoms with E-state index in [1.54, 1.807) is 17.0 Å². The van der Waals surface area contributed by atoms with Crippen LogP contribution in [-0.2, 0) is 21.2 Å². The van der Waals surface area contributed by atoms with Crippen molar-refractivity contribution in [3.63, 3.8) is 0 Å². The maximum Gasteiger partial charge on any atom is 0.226 e. The zero-order chi connectivity index (χ0) is 23.5. The molecule has 0 radical (unpaired) electrons. The second-order valence-corrected chi connectivity index (χ2v) is 11.5. The van der Waals surface area contributed by atoms with E-state index in [0.717, 1.165) is 50.1 Å². The number of hydrogen-bond donors (Lipinski definition) is 1. The van der Waals surface area contributed by atoms with E-state index in [9.17, 15) is 22.0 Å². The predicted octanol–water partition coefficient (Wildman–Crippen LogP) is 3.63. The number of carbonyl (C=O) groups excluding carboxylic acids is 1. The Bertz CT molecular complexity index is 1210. The van der Waals surface area contributed by atoms with Crippen molar-refractivity contribution in [3.8, 4) is 11.1 Å². The van der Waals surface area contributed by atoms with Crippen LogP contribution in [0, 0.1) is 28.8 Å². The van der Waals surface area contributed by atoms with Crippen LogP contribution in [0.5, 0.6) is 0 Å². The van der Waals surface area contributed by atoms with Crippen LogP contribution in [0.25, 0.3) is 11.1 Å². The molecule has 1 amide bonds. The summed E-state index contributed by atoms with van der Waals surface area (Å²) in [6, 6.07) is 6.43. The van der Waals surface area contributed by atoms with Crippen LogP contribution in [0.4, 0.5) is 13.2 Å². The second kappa shape index (κ2) is 7.84. The summed E-state index contributed by atoms with van der Waals surface area (Å²) in [5.41, 5.74) is 0.0816. The minimum absolute atomic E-state index is 0.00663. The zero-order valence-corrected chi connectivity index (χ0v) is 19.0. The van der Waals surface area contributed by atoms with E-state index in [1.165, 1.54) is 6.07 Å². The van der Waals surface area contributed by atoms with Crippen LogP contribution in [0.2, 0.25) is 0 Å². The van der Waals surface area contributed by atoms with Gasteiger partial charge in [0.05, 0.1) is 12.3 Å². The van der Waals surface area contributed by atoms with Crippen molar-refractivity contribution in [2.24, 2.45) is 11.3 Å². The number of hydrogen-bond acceptors (Lipinski definition) is 3. The van der Waals surface area contributed by atoms with Crippen LogP contribution < -0.4 is 4.72 Å². The number of likely N-dealkylation sites (tertiary alicyclic amines) is 1. The van der Waals surface area contributed by atoms with E-state index in [-0.39, 0.29) is 40.4 Å². The standard InChI is InChI=1S/C24H25F3N2O3S/c1-33(31,32)28-22-20(29(13-24(22)7-8-24)23(30)14-5-6-14)11-15-3-2-4-19(21(15)27)16-9-17(25)12-18(26)10-16/h2-4,9-10,12,14,20,22,28H,5-8,11,13H2,1H3. The maximum absolute atomic E-state index is 15.6. The SMILES string of the molecule is CS(=O)(=O)NC1C(Cc2cccc(-c3cc(F)cc(F)c3)c2F)N(C(=O)C2CC2)CC12CC2. The van der Waals surface area contributed by atoms with Crippen LogP contribution in [0.3, 0.4) is 0 Å². The van der Waals surface area contributed by atoms with Crippen LogP contribution >= 0.6 is 0 Å². The summed E-state index contributed by atoms with van der Waals surface area (Å²) in [5, 5.41) is 0.